The maximum Gasteiger partial charge on any atom is 0.267 e. The number of fused-ring (bicyclic) bond motifs is 2. The number of ether oxygens (including phenoxy) is 2. The molecule has 1 aliphatic heterocycles. The summed E-state index contributed by atoms with van der Waals surface area (Å²) in [6, 6.07) is 22.2. The summed E-state index contributed by atoms with van der Waals surface area (Å²) in [4.78, 5) is 30.8. The summed E-state index contributed by atoms with van der Waals surface area (Å²) in [6.45, 7) is 5.56. The second-order valence-electron chi connectivity index (χ2n) is 9.62. The summed E-state index contributed by atoms with van der Waals surface area (Å²) in [7, 11) is 0. The van der Waals surface area contributed by atoms with Gasteiger partial charge in [-0.15, -0.1) is 11.3 Å². The van der Waals surface area contributed by atoms with Crippen LogP contribution in [0.2, 0.25) is 0 Å². The zero-order valence-electron chi connectivity index (χ0n) is 21.0. The first kappa shape index (κ1) is 23.9. The quantitative estimate of drug-likeness (QED) is 0.322. The van der Waals surface area contributed by atoms with Crippen LogP contribution in [-0.2, 0) is 10.3 Å². The number of thiazole rings is 1. The number of carbonyl (C=O) groups is 1. The Morgan fingerprint density at radius 2 is 1.71 bits per heavy atom. The fourth-order valence-electron chi connectivity index (χ4n) is 4.25. The van der Waals surface area contributed by atoms with Crippen molar-refractivity contribution >= 4 is 33.1 Å². The molecule has 0 spiro atoms. The SMILES string of the molecule is Cc1ccc2nc(-c3ccc(NC(=O)C(C)(C)n4nc(-c5ccc6c(c5)OCO6)ccc4=O)cc3)sc2c1. The molecule has 0 saturated heterocycles. The third-order valence-electron chi connectivity index (χ3n) is 6.49. The van der Waals surface area contributed by atoms with E-state index in [-0.39, 0.29) is 18.3 Å². The highest BCUT2D eigenvalue weighted by Crippen LogP contribution is 2.35. The third kappa shape index (κ3) is 4.31. The molecule has 5 aromatic rings. The molecule has 3 aromatic carbocycles. The maximum absolute atomic E-state index is 13.3. The molecule has 38 heavy (non-hydrogen) atoms. The van der Waals surface area contributed by atoms with E-state index in [0.29, 0.717) is 22.9 Å². The van der Waals surface area contributed by atoms with Crippen molar-refractivity contribution in [3.8, 4) is 33.3 Å². The van der Waals surface area contributed by atoms with Crippen molar-refractivity contribution in [1.82, 2.24) is 14.8 Å². The molecule has 0 bridgehead atoms. The lowest BCUT2D eigenvalue weighted by atomic mass is 10.0. The smallest absolute Gasteiger partial charge is 0.267 e. The topological polar surface area (TPSA) is 95.3 Å². The van der Waals surface area contributed by atoms with Crippen molar-refractivity contribution in [3.63, 3.8) is 0 Å². The maximum atomic E-state index is 13.3. The molecule has 8 nitrogen and oxygen atoms in total. The molecule has 190 valence electrons. The molecule has 0 atom stereocenters. The molecular formula is C29H24N4O4S. The fourth-order valence-corrected chi connectivity index (χ4v) is 5.32. The van der Waals surface area contributed by atoms with Gasteiger partial charge in [-0.25, -0.2) is 9.67 Å². The van der Waals surface area contributed by atoms with Gasteiger partial charge in [-0.2, -0.15) is 5.10 Å². The van der Waals surface area contributed by atoms with E-state index >= 15 is 0 Å². The average molecular weight is 525 g/mol. The number of rotatable bonds is 5. The van der Waals surface area contributed by atoms with Gasteiger partial charge in [-0.1, -0.05) is 6.07 Å². The first-order chi connectivity index (χ1) is 18.3. The Balaban J connectivity index is 1.23. The summed E-state index contributed by atoms with van der Waals surface area (Å²) >= 11 is 1.63. The zero-order valence-corrected chi connectivity index (χ0v) is 21.8. The minimum atomic E-state index is -1.26. The number of hydrogen-bond acceptors (Lipinski definition) is 7. The van der Waals surface area contributed by atoms with E-state index in [1.165, 1.54) is 16.3 Å². The van der Waals surface area contributed by atoms with Crippen LogP contribution in [0.4, 0.5) is 5.69 Å². The van der Waals surface area contributed by atoms with Crippen LogP contribution in [0.3, 0.4) is 0 Å². The fraction of sp³-hybridized carbons (Fsp3) is 0.172. The van der Waals surface area contributed by atoms with E-state index in [4.69, 9.17) is 14.5 Å². The molecule has 1 N–H and O–H groups in total. The lowest BCUT2D eigenvalue weighted by Crippen LogP contribution is -2.47. The molecule has 0 saturated carbocycles. The van der Waals surface area contributed by atoms with Crippen molar-refractivity contribution < 1.29 is 14.3 Å². The number of benzene rings is 3. The second-order valence-corrected chi connectivity index (χ2v) is 10.6. The Labute approximate surface area is 222 Å². The van der Waals surface area contributed by atoms with E-state index in [0.717, 1.165) is 26.4 Å². The van der Waals surface area contributed by atoms with Gasteiger partial charge in [0.15, 0.2) is 11.5 Å². The highest BCUT2D eigenvalue weighted by atomic mass is 32.1. The lowest BCUT2D eigenvalue weighted by molar-refractivity contribution is -0.123. The van der Waals surface area contributed by atoms with Crippen molar-refractivity contribution in [2.24, 2.45) is 0 Å². The number of aryl methyl sites for hydroxylation is 1. The zero-order chi connectivity index (χ0) is 26.4. The summed E-state index contributed by atoms with van der Waals surface area (Å²) in [6.07, 6.45) is 0. The number of hydrogen-bond donors (Lipinski definition) is 1. The number of aromatic nitrogens is 3. The number of nitrogens with one attached hydrogen (secondary N) is 1. The Bertz CT molecular complexity index is 1760. The van der Waals surface area contributed by atoms with Crippen molar-refractivity contribution in [2.45, 2.75) is 26.3 Å². The Kier molecular flexibility index (Phi) is 5.72. The molecule has 3 heterocycles. The van der Waals surface area contributed by atoms with Crippen molar-refractivity contribution in [3.05, 3.63) is 88.7 Å². The van der Waals surface area contributed by atoms with Crippen molar-refractivity contribution in [2.75, 3.05) is 12.1 Å². The van der Waals surface area contributed by atoms with Crippen LogP contribution < -0.4 is 20.3 Å². The predicted octanol–water partition coefficient (Wildman–Crippen LogP) is 5.60. The standard InChI is InChI=1S/C29H24N4O4S/c1-17-4-10-22-25(14-17)38-27(31-22)18-5-8-20(9-6-18)30-28(35)29(2,3)33-26(34)13-11-21(32-33)19-7-12-23-24(15-19)37-16-36-23/h4-15H,16H2,1-3H3,(H,30,35). The molecule has 0 radical (unpaired) electrons. The summed E-state index contributed by atoms with van der Waals surface area (Å²) in [5, 5.41) is 8.36. The largest absolute Gasteiger partial charge is 0.454 e. The minimum absolute atomic E-state index is 0.167. The normalized spacial score (nSPS) is 12.6. The lowest BCUT2D eigenvalue weighted by Gasteiger charge is -2.25. The molecule has 1 amide bonds. The summed E-state index contributed by atoms with van der Waals surface area (Å²) < 4.78 is 13.2. The van der Waals surface area contributed by atoms with E-state index in [1.807, 2.05) is 36.4 Å². The average Bonchev–Trinajstić information content (AvgIpc) is 3.55. The first-order valence-electron chi connectivity index (χ1n) is 12.1. The first-order valence-corrected chi connectivity index (χ1v) is 12.9. The van der Waals surface area contributed by atoms with E-state index in [2.05, 4.69) is 29.5 Å². The molecule has 9 heteroatoms. The summed E-state index contributed by atoms with van der Waals surface area (Å²) in [5.74, 6) is 0.910. The molecule has 0 unspecified atom stereocenters. The van der Waals surface area contributed by atoms with Gasteiger partial charge in [-0.3, -0.25) is 9.59 Å². The van der Waals surface area contributed by atoms with Gasteiger partial charge in [0.1, 0.15) is 10.5 Å². The second kappa shape index (κ2) is 9.11. The van der Waals surface area contributed by atoms with E-state index < -0.39 is 5.54 Å². The monoisotopic (exact) mass is 524 g/mol. The Morgan fingerprint density at radius 1 is 0.947 bits per heavy atom. The van der Waals surface area contributed by atoms with Crippen LogP contribution in [0, 0.1) is 6.92 Å². The molecule has 6 rings (SSSR count). The van der Waals surface area contributed by atoms with Crippen LogP contribution >= 0.6 is 11.3 Å². The molecule has 0 fully saturated rings. The van der Waals surface area contributed by atoms with Crippen molar-refractivity contribution in [1.29, 1.82) is 0 Å². The van der Waals surface area contributed by atoms with Gasteiger partial charge in [0.05, 0.1) is 15.9 Å². The van der Waals surface area contributed by atoms with E-state index in [9.17, 15) is 9.59 Å². The van der Waals surface area contributed by atoms with Gasteiger partial charge in [0.25, 0.3) is 11.5 Å². The highest BCUT2D eigenvalue weighted by Gasteiger charge is 2.32. The van der Waals surface area contributed by atoms with Gasteiger partial charge >= 0.3 is 0 Å². The van der Waals surface area contributed by atoms with Gasteiger partial charge in [0, 0.05) is 22.9 Å². The number of carbonyl (C=O) groups excluding carboxylic acids is 1. The van der Waals surface area contributed by atoms with Crippen LogP contribution in [0.15, 0.2) is 77.6 Å². The van der Waals surface area contributed by atoms with Crippen LogP contribution in [0.25, 0.3) is 32.0 Å². The van der Waals surface area contributed by atoms with Gasteiger partial charge in [0.2, 0.25) is 6.79 Å². The van der Waals surface area contributed by atoms with E-state index in [1.54, 1.807) is 43.4 Å². The van der Waals surface area contributed by atoms with Crippen LogP contribution in [0.5, 0.6) is 11.5 Å². The highest BCUT2D eigenvalue weighted by molar-refractivity contribution is 7.21. The molecule has 0 aliphatic carbocycles. The van der Waals surface area contributed by atoms with Gasteiger partial charge in [-0.05, 0) is 87.0 Å². The molecular weight excluding hydrogens is 500 g/mol. The Hall–Kier alpha value is -4.50. The van der Waals surface area contributed by atoms with Crippen LogP contribution in [-0.4, -0.2) is 27.5 Å². The Morgan fingerprint density at radius 3 is 2.53 bits per heavy atom. The van der Waals surface area contributed by atoms with Gasteiger partial charge < -0.3 is 14.8 Å². The van der Waals surface area contributed by atoms with Crippen LogP contribution in [0.1, 0.15) is 19.4 Å². The summed E-state index contributed by atoms with van der Waals surface area (Å²) in [5.41, 5.74) is 3.40. The number of anilines is 1. The number of nitrogens with zero attached hydrogens (tertiary/aromatic N) is 3. The minimum Gasteiger partial charge on any atom is -0.454 e. The third-order valence-corrected chi connectivity index (χ3v) is 7.55. The number of amides is 1. The predicted molar refractivity (Wildman–Crippen MR) is 148 cm³/mol. The molecule has 2 aromatic heterocycles. The molecule has 1 aliphatic rings.